The zero-order chi connectivity index (χ0) is 47.8. The SMILES string of the molecule is CN1CCN(Cc2cn(Cc3c(Cl)cccc3Cl)c3ccc(NC(=O)NCC(=O)N[C@@H](CCCCN)C(=O)NC(/C=C/c4ccccc4)C(=O)NC(c4ccccc4)c4ccccc4)cc23)CC1. The summed E-state index contributed by atoms with van der Waals surface area (Å²) in [4.78, 5) is 59.9. The molecule has 68 heavy (non-hydrogen) atoms. The number of likely N-dealkylation sites (N-methyl/N-ethyl adjacent to an activating group) is 1. The smallest absolute Gasteiger partial charge is 0.319 e. The highest BCUT2D eigenvalue weighted by Gasteiger charge is 2.28. The number of piperazine rings is 1. The number of nitrogens with one attached hydrogen (secondary N) is 5. The van der Waals surface area contributed by atoms with Crippen LogP contribution in [0.4, 0.5) is 10.5 Å². The maximum absolute atomic E-state index is 14.2. The largest absolute Gasteiger partial charge is 0.343 e. The minimum atomic E-state index is -1.11. The standard InChI is InChI=1S/C53H59Cl2N9O4/c1-62-28-30-63(31-29-62)34-40-35-64(36-43-44(54)20-13-21-45(43)55)48-26-24-41(32-42(40)48)58-53(68)57-33-49(65)59-46(22-11-12-27-56)51(66)60-47(25-23-37-14-5-2-6-15-37)52(67)61-50(38-16-7-3-8-17-38)39-18-9-4-10-19-39/h2-10,13-21,23-26,32,35,46-47,50H,11-12,22,27-31,33-34,36,56H2,1H3,(H,59,65)(H,60,66)(H,61,67)(H2,57,58,68)/b25-23+/t46-,47?/m0/s1. The summed E-state index contributed by atoms with van der Waals surface area (Å²) in [5.74, 6) is -1.58. The molecule has 7 N–H and O–H groups in total. The molecule has 0 bridgehead atoms. The van der Waals surface area contributed by atoms with Gasteiger partial charge in [-0.1, -0.05) is 132 Å². The molecule has 0 spiro atoms. The van der Waals surface area contributed by atoms with Crippen LogP contribution in [0.15, 0.2) is 140 Å². The average molecular weight is 957 g/mol. The normalized spacial score (nSPS) is 14.1. The highest BCUT2D eigenvalue weighted by Crippen LogP contribution is 2.31. The number of carbonyl (C=O) groups is 4. The quantitative estimate of drug-likeness (QED) is 0.0430. The third-order valence-corrected chi connectivity index (χ3v) is 12.7. The summed E-state index contributed by atoms with van der Waals surface area (Å²) in [5, 5.41) is 16.5. The first-order valence-electron chi connectivity index (χ1n) is 23.0. The molecule has 0 aliphatic carbocycles. The van der Waals surface area contributed by atoms with E-state index >= 15 is 0 Å². The topological polar surface area (TPSA) is 166 Å². The Morgan fingerprint density at radius 1 is 0.721 bits per heavy atom. The number of nitrogens with zero attached hydrogens (tertiary/aromatic N) is 3. The van der Waals surface area contributed by atoms with Gasteiger partial charge in [-0.3, -0.25) is 19.3 Å². The van der Waals surface area contributed by atoms with Crippen molar-refractivity contribution >= 4 is 69.6 Å². The molecule has 5 aromatic carbocycles. The predicted octanol–water partition coefficient (Wildman–Crippen LogP) is 7.58. The van der Waals surface area contributed by atoms with Crippen LogP contribution in [-0.2, 0) is 27.5 Å². The highest BCUT2D eigenvalue weighted by molar-refractivity contribution is 6.36. The van der Waals surface area contributed by atoms with Gasteiger partial charge in [-0.25, -0.2) is 4.79 Å². The van der Waals surface area contributed by atoms with Crippen LogP contribution >= 0.6 is 23.2 Å². The number of hydrogen-bond donors (Lipinski definition) is 6. The number of fused-ring (bicyclic) bond motifs is 1. The van der Waals surface area contributed by atoms with Gasteiger partial charge in [0.15, 0.2) is 0 Å². The monoisotopic (exact) mass is 955 g/mol. The van der Waals surface area contributed by atoms with E-state index in [1.807, 2.05) is 127 Å². The van der Waals surface area contributed by atoms with Gasteiger partial charge in [-0.05, 0) is 85.4 Å². The fourth-order valence-electron chi connectivity index (χ4n) is 8.26. The summed E-state index contributed by atoms with van der Waals surface area (Å²) in [5.41, 5.74) is 11.8. The molecule has 1 fully saturated rings. The summed E-state index contributed by atoms with van der Waals surface area (Å²) in [6.45, 7) is 4.99. The molecule has 354 valence electrons. The van der Waals surface area contributed by atoms with Crippen molar-refractivity contribution in [3.63, 3.8) is 0 Å². The van der Waals surface area contributed by atoms with Crippen LogP contribution < -0.4 is 32.3 Å². The number of anilines is 1. The Kier molecular flexibility index (Phi) is 17.8. The number of amides is 5. The zero-order valence-corrected chi connectivity index (χ0v) is 39.7. The van der Waals surface area contributed by atoms with E-state index in [4.69, 9.17) is 28.9 Å². The van der Waals surface area contributed by atoms with Crippen LogP contribution in [-0.4, -0.2) is 96.5 Å². The molecule has 1 aliphatic heterocycles. The Balaban J connectivity index is 1.03. The summed E-state index contributed by atoms with van der Waals surface area (Å²) in [7, 11) is 2.13. The second-order valence-electron chi connectivity index (χ2n) is 17.0. The molecule has 13 nitrogen and oxygen atoms in total. The van der Waals surface area contributed by atoms with Crippen molar-refractivity contribution < 1.29 is 19.2 Å². The van der Waals surface area contributed by atoms with Crippen molar-refractivity contribution in [2.75, 3.05) is 51.6 Å². The molecule has 2 atom stereocenters. The number of urea groups is 1. The van der Waals surface area contributed by atoms with E-state index in [1.54, 1.807) is 12.2 Å². The lowest BCUT2D eigenvalue weighted by atomic mass is 9.98. The van der Waals surface area contributed by atoms with E-state index in [0.29, 0.717) is 41.7 Å². The molecule has 6 aromatic rings. The van der Waals surface area contributed by atoms with E-state index in [1.165, 1.54) is 0 Å². The summed E-state index contributed by atoms with van der Waals surface area (Å²) in [6.07, 6.45) is 6.94. The Hall–Kier alpha value is -6.48. The molecular formula is C53H59Cl2N9O4. The minimum absolute atomic E-state index is 0.257. The van der Waals surface area contributed by atoms with Gasteiger partial charge >= 0.3 is 6.03 Å². The van der Waals surface area contributed by atoms with Crippen molar-refractivity contribution in [2.24, 2.45) is 5.73 Å². The minimum Gasteiger partial charge on any atom is -0.343 e. The van der Waals surface area contributed by atoms with E-state index < -0.39 is 48.4 Å². The van der Waals surface area contributed by atoms with Gasteiger partial charge < -0.3 is 41.8 Å². The molecule has 15 heteroatoms. The zero-order valence-electron chi connectivity index (χ0n) is 38.2. The number of nitrogens with two attached hydrogens (primary N) is 1. The fraction of sp³-hybridized carbons (Fsp3) is 0.283. The van der Waals surface area contributed by atoms with Crippen LogP contribution in [0.2, 0.25) is 10.0 Å². The van der Waals surface area contributed by atoms with E-state index in [2.05, 4.69) is 54.2 Å². The van der Waals surface area contributed by atoms with Crippen LogP contribution in [0, 0.1) is 0 Å². The lowest BCUT2D eigenvalue weighted by Crippen LogP contribution is -2.54. The first-order chi connectivity index (χ1) is 33.0. The van der Waals surface area contributed by atoms with Gasteiger partial charge in [0.05, 0.1) is 19.1 Å². The molecule has 1 aromatic heterocycles. The van der Waals surface area contributed by atoms with Gasteiger partial charge in [-0.15, -0.1) is 0 Å². The third kappa shape index (κ3) is 13.8. The van der Waals surface area contributed by atoms with Crippen molar-refractivity contribution in [1.82, 2.24) is 35.6 Å². The molecule has 1 aliphatic rings. The lowest BCUT2D eigenvalue weighted by Gasteiger charge is -2.32. The number of aromatic nitrogens is 1. The van der Waals surface area contributed by atoms with Crippen LogP contribution in [0.1, 0.15) is 53.1 Å². The van der Waals surface area contributed by atoms with Gasteiger partial charge in [-0.2, -0.15) is 0 Å². The predicted molar refractivity (Wildman–Crippen MR) is 272 cm³/mol. The number of halogens is 2. The molecule has 2 heterocycles. The Labute approximate surface area is 408 Å². The lowest BCUT2D eigenvalue weighted by molar-refractivity contribution is -0.131. The Morgan fingerprint density at radius 2 is 1.37 bits per heavy atom. The van der Waals surface area contributed by atoms with Gasteiger partial charge in [0.2, 0.25) is 17.7 Å². The van der Waals surface area contributed by atoms with Crippen LogP contribution in [0.25, 0.3) is 17.0 Å². The summed E-state index contributed by atoms with van der Waals surface area (Å²) in [6, 6.07) is 36.6. The molecule has 7 rings (SSSR count). The van der Waals surface area contributed by atoms with Crippen molar-refractivity contribution in [3.8, 4) is 0 Å². The van der Waals surface area contributed by atoms with Gasteiger partial charge in [0, 0.05) is 71.1 Å². The van der Waals surface area contributed by atoms with Crippen LogP contribution in [0.3, 0.4) is 0 Å². The maximum Gasteiger partial charge on any atom is 0.319 e. The van der Waals surface area contributed by atoms with Gasteiger partial charge in [0.1, 0.15) is 12.1 Å². The molecule has 0 radical (unpaired) electrons. The summed E-state index contributed by atoms with van der Waals surface area (Å²) >= 11 is 13.2. The van der Waals surface area contributed by atoms with E-state index in [0.717, 1.165) is 71.4 Å². The van der Waals surface area contributed by atoms with Gasteiger partial charge in [0.25, 0.3) is 0 Å². The van der Waals surface area contributed by atoms with Crippen LogP contribution in [0.5, 0.6) is 0 Å². The van der Waals surface area contributed by atoms with Crippen molar-refractivity contribution in [2.45, 2.75) is 50.5 Å². The van der Waals surface area contributed by atoms with Crippen molar-refractivity contribution in [3.05, 3.63) is 178 Å². The fourth-order valence-corrected chi connectivity index (χ4v) is 8.77. The first-order valence-corrected chi connectivity index (χ1v) is 23.7. The molecule has 5 amide bonds. The number of unbranched alkanes of at least 4 members (excludes halogenated alkanes) is 1. The second-order valence-corrected chi connectivity index (χ2v) is 17.8. The molecular weight excluding hydrogens is 898 g/mol. The molecule has 0 saturated carbocycles. The number of rotatable bonds is 20. The number of benzene rings is 5. The highest BCUT2D eigenvalue weighted by atomic mass is 35.5. The summed E-state index contributed by atoms with van der Waals surface area (Å²) < 4.78 is 2.13. The first kappa shape index (κ1) is 49.4. The second kappa shape index (κ2) is 24.5. The maximum atomic E-state index is 14.2. The molecule has 1 unspecified atom stereocenters. The molecule has 1 saturated heterocycles. The Bertz CT molecular complexity index is 2600. The van der Waals surface area contributed by atoms with E-state index in [-0.39, 0.29) is 6.42 Å². The Morgan fingerprint density at radius 3 is 2.01 bits per heavy atom. The average Bonchev–Trinajstić information content (AvgIpc) is 3.68. The third-order valence-electron chi connectivity index (χ3n) is 12.0. The number of hydrogen-bond acceptors (Lipinski definition) is 7. The van der Waals surface area contributed by atoms with E-state index in [9.17, 15) is 19.2 Å². The van der Waals surface area contributed by atoms with Crippen molar-refractivity contribution in [1.29, 1.82) is 0 Å². The number of carbonyl (C=O) groups excluding carboxylic acids is 4.